The van der Waals surface area contributed by atoms with Gasteiger partial charge in [-0.05, 0) is 27.0 Å². The standard InChI is InChI=1S/C43H59N3O12/c1-21-12-11-13-22(2)42(54)44-33-28(20-46-17-15-45(9)16-18-46)37(51)30-31(38(33)52)36(50)26(6)40-32(30)41(53)43(8,58-40)56-19-14-29(55-10)23(3)39(57-27(7)47)25(5)35(49)24(4)34(21)48/h11-14,19,21,23-25,29,34-35,39,48-52H,15-18,20H2,1-10H3,(H,44,54)/b12-11+,19-14+,22-13-/t21-,23+,24-,25+,29+,34-,35+,39+,43+/m1/s1. The summed E-state index contributed by atoms with van der Waals surface area (Å²) < 4.78 is 23.7. The summed E-state index contributed by atoms with van der Waals surface area (Å²) in [5.74, 6) is -7.86. The maximum Gasteiger partial charge on any atom is 0.312 e. The van der Waals surface area contributed by atoms with Gasteiger partial charge in [0.25, 0.3) is 11.7 Å². The van der Waals surface area contributed by atoms with E-state index in [0.717, 1.165) is 13.1 Å². The normalized spacial score (nSPS) is 32.6. The van der Waals surface area contributed by atoms with E-state index in [0.29, 0.717) is 13.1 Å². The lowest BCUT2D eigenvalue weighted by Crippen LogP contribution is -2.46. The van der Waals surface area contributed by atoms with Gasteiger partial charge in [-0.1, -0.05) is 45.9 Å². The number of fused-ring (bicyclic) bond motifs is 14. The molecule has 1 fully saturated rings. The first kappa shape index (κ1) is 44.4. The largest absolute Gasteiger partial charge is 0.507 e. The SMILES string of the molecule is CO[C@H]1/C=C/O[C@@]2(C)Oc3c(C)c(O)c4c(O)c(c(CN5CCN(C)CC5)c(O)c4c3C2=O)NC(=O)/C(C)=C\C=C\[C@@H](C)[C@@H](O)[C@@H](C)[C@H](O)[C@H](C)[C@@H](OC(C)=O)[C@H]1C. The van der Waals surface area contributed by atoms with Crippen LogP contribution in [0.25, 0.3) is 10.8 Å². The Morgan fingerprint density at radius 2 is 1.59 bits per heavy atom. The molecule has 0 saturated carbocycles. The number of rotatable bonds is 4. The van der Waals surface area contributed by atoms with E-state index < -0.39 is 88.8 Å². The van der Waals surface area contributed by atoms with Crippen molar-refractivity contribution in [3.63, 3.8) is 0 Å². The number of methoxy groups -OCH3 is 1. The van der Waals surface area contributed by atoms with Crippen molar-refractivity contribution in [2.75, 3.05) is 45.7 Å². The van der Waals surface area contributed by atoms with Crippen LogP contribution in [0.3, 0.4) is 0 Å². The van der Waals surface area contributed by atoms with Gasteiger partial charge in [0.1, 0.15) is 23.4 Å². The summed E-state index contributed by atoms with van der Waals surface area (Å²) in [5, 5.41) is 60.9. The molecular formula is C43H59N3O12. The quantitative estimate of drug-likeness (QED) is 0.143. The average molecular weight is 810 g/mol. The molecule has 15 heteroatoms. The predicted octanol–water partition coefficient (Wildman–Crippen LogP) is 4.50. The predicted molar refractivity (Wildman–Crippen MR) is 217 cm³/mol. The van der Waals surface area contributed by atoms with Crippen LogP contribution < -0.4 is 10.1 Å². The molecule has 15 nitrogen and oxygen atoms in total. The Labute approximate surface area is 339 Å². The van der Waals surface area contributed by atoms with Crippen molar-refractivity contribution in [3.05, 3.63) is 52.8 Å². The number of ether oxygens (including phenoxy) is 4. The van der Waals surface area contributed by atoms with Crippen molar-refractivity contribution < 1.29 is 58.9 Å². The number of likely N-dealkylation sites (N-methyl/N-ethyl adjacent to an activating group) is 1. The van der Waals surface area contributed by atoms with E-state index in [9.17, 15) is 39.9 Å². The molecule has 318 valence electrons. The van der Waals surface area contributed by atoms with Crippen LogP contribution in [-0.4, -0.2) is 124 Å². The van der Waals surface area contributed by atoms with Crippen molar-refractivity contribution in [3.8, 4) is 23.0 Å². The second-order valence-corrected chi connectivity index (χ2v) is 16.3. The lowest BCUT2D eigenvalue weighted by Gasteiger charge is -2.38. The molecule has 6 rings (SSSR count). The fourth-order valence-corrected chi connectivity index (χ4v) is 8.17. The molecule has 2 aromatic carbocycles. The zero-order chi connectivity index (χ0) is 43.0. The number of hydrogen-bond acceptors (Lipinski definition) is 14. The molecule has 9 atom stereocenters. The molecule has 1 saturated heterocycles. The molecule has 4 aliphatic heterocycles. The number of phenols is 3. The summed E-state index contributed by atoms with van der Waals surface area (Å²) in [7, 11) is 3.44. The van der Waals surface area contributed by atoms with Crippen LogP contribution in [-0.2, 0) is 30.3 Å². The van der Waals surface area contributed by atoms with Crippen molar-refractivity contribution in [2.45, 2.75) is 92.1 Å². The van der Waals surface area contributed by atoms with Gasteiger partial charge in [-0.15, -0.1) is 0 Å². The zero-order valence-corrected chi connectivity index (χ0v) is 35.0. The molecule has 1 amide bonds. The van der Waals surface area contributed by atoms with E-state index in [2.05, 4.69) is 10.2 Å². The van der Waals surface area contributed by atoms with Crippen molar-refractivity contribution >= 4 is 34.1 Å². The van der Waals surface area contributed by atoms with Crippen LogP contribution in [0, 0.1) is 30.6 Å². The van der Waals surface area contributed by atoms with E-state index in [1.807, 2.05) is 11.9 Å². The second-order valence-electron chi connectivity index (χ2n) is 16.3. The average Bonchev–Trinajstić information content (AvgIpc) is 3.45. The molecule has 4 heterocycles. The Morgan fingerprint density at radius 1 is 0.931 bits per heavy atom. The number of aliphatic hydroxyl groups is 2. The molecule has 5 bridgehead atoms. The number of aliphatic hydroxyl groups excluding tert-OH is 2. The Hall–Kier alpha value is -4.67. The number of carbonyl (C=O) groups is 3. The van der Waals surface area contributed by atoms with Crippen molar-refractivity contribution in [1.29, 1.82) is 0 Å². The van der Waals surface area contributed by atoms with Gasteiger partial charge in [-0.25, -0.2) is 0 Å². The molecule has 0 unspecified atom stereocenters. The number of nitrogens with one attached hydrogen (secondary N) is 1. The Balaban J connectivity index is 1.70. The number of aromatic hydroxyl groups is 3. The van der Waals surface area contributed by atoms with Gasteiger partial charge < -0.3 is 54.7 Å². The number of nitrogens with zero attached hydrogens (tertiary/aromatic N) is 2. The third-order valence-corrected chi connectivity index (χ3v) is 12.1. The number of benzene rings is 2. The Morgan fingerprint density at radius 3 is 2.21 bits per heavy atom. The second kappa shape index (κ2) is 17.7. The minimum Gasteiger partial charge on any atom is -0.507 e. The molecule has 0 spiro atoms. The molecule has 0 aromatic heterocycles. The van der Waals surface area contributed by atoms with Crippen LogP contribution in [0.2, 0.25) is 0 Å². The van der Waals surface area contributed by atoms with E-state index >= 15 is 0 Å². The van der Waals surface area contributed by atoms with Gasteiger partial charge in [0, 0.05) is 99.4 Å². The molecule has 6 N–H and O–H groups in total. The first-order valence-corrected chi connectivity index (χ1v) is 19.7. The van der Waals surface area contributed by atoms with Gasteiger partial charge in [0.2, 0.25) is 0 Å². The summed E-state index contributed by atoms with van der Waals surface area (Å²) in [6.45, 7) is 15.4. The zero-order valence-electron chi connectivity index (χ0n) is 35.0. The number of ketones is 1. The Kier molecular flexibility index (Phi) is 13.5. The number of Topliss-reactive ketones (excluding diaryl/α,β-unsaturated/α-hetero) is 1. The first-order valence-electron chi connectivity index (χ1n) is 19.7. The maximum atomic E-state index is 14.4. The summed E-state index contributed by atoms with van der Waals surface area (Å²) in [6.07, 6.45) is 3.73. The fraction of sp³-hybridized carbons (Fsp3) is 0.558. The van der Waals surface area contributed by atoms with E-state index in [-0.39, 0.29) is 51.0 Å². The van der Waals surface area contributed by atoms with Crippen LogP contribution >= 0.6 is 0 Å². The third kappa shape index (κ3) is 8.55. The van der Waals surface area contributed by atoms with E-state index in [1.54, 1.807) is 46.8 Å². The van der Waals surface area contributed by atoms with E-state index in [4.69, 9.17) is 18.9 Å². The van der Waals surface area contributed by atoms with E-state index in [1.165, 1.54) is 46.3 Å². The minimum absolute atomic E-state index is 0.0565. The van der Waals surface area contributed by atoms with Crippen LogP contribution in [0.4, 0.5) is 5.69 Å². The lowest BCUT2D eigenvalue weighted by atomic mass is 9.78. The molecule has 2 aromatic rings. The summed E-state index contributed by atoms with van der Waals surface area (Å²) >= 11 is 0. The van der Waals surface area contributed by atoms with Gasteiger partial charge in [0.15, 0.2) is 5.75 Å². The van der Waals surface area contributed by atoms with Gasteiger partial charge in [-0.2, -0.15) is 0 Å². The summed E-state index contributed by atoms with van der Waals surface area (Å²) in [4.78, 5) is 44.7. The highest BCUT2D eigenvalue weighted by molar-refractivity contribution is 6.22. The van der Waals surface area contributed by atoms with Crippen LogP contribution in [0.1, 0.15) is 70.0 Å². The Bertz CT molecular complexity index is 2000. The third-order valence-electron chi connectivity index (χ3n) is 12.1. The molecule has 58 heavy (non-hydrogen) atoms. The fourth-order valence-electron chi connectivity index (χ4n) is 8.17. The van der Waals surface area contributed by atoms with Gasteiger partial charge in [-0.3, -0.25) is 19.3 Å². The number of hydrogen-bond donors (Lipinski definition) is 6. The van der Waals surface area contributed by atoms with Gasteiger partial charge >= 0.3 is 11.8 Å². The number of amides is 1. The number of phenolic OH excluding ortho intramolecular Hbond substituents is 3. The highest BCUT2D eigenvalue weighted by atomic mass is 16.7. The number of anilines is 1. The molecule has 4 aliphatic rings. The highest BCUT2D eigenvalue weighted by Gasteiger charge is 2.50. The number of carbonyl (C=O) groups excluding carboxylic acids is 3. The van der Waals surface area contributed by atoms with Crippen LogP contribution in [0.15, 0.2) is 36.1 Å². The van der Waals surface area contributed by atoms with Crippen molar-refractivity contribution in [2.24, 2.45) is 23.7 Å². The number of allylic oxidation sites excluding steroid dienone is 2. The highest BCUT2D eigenvalue weighted by Crippen LogP contribution is 2.55. The van der Waals surface area contributed by atoms with Crippen molar-refractivity contribution in [1.82, 2.24) is 9.80 Å². The number of piperazine rings is 1. The lowest BCUT2D eigenvalue weighted by molar-refractivity contribution is -0.160. The summed E-state index contributed by atoms with van der Waals surface area (Å²) in [5.41, 5.74) is 0.176. The van der Waals surface area contributed by atoms with Crippen LogP contribution in [0.5, 0.6) is 23.0 Å². The molecule has 0 radical (unpaired) electrons. The molecule has 0 aliphatic carbocycles. The monoisotopic (exact) mass is 809 g/mol. The number of esters is 1. The molecular weight excluding hydrogens is 750 g/mol. The maximum absolute atomic E-state index is 14.4. The smallest absolute Gasteiger partial charge is 0.312 e. The summed E-state index contributed by atoms with van der Waals surface area (Å²) in [6, 6.07) is 0. The topological polar surface area (TPSA) is 208 Å². The first-order chi connectivity index (χ1) is 27.2. The van der Waals surface area contributed by atoms with Gasteiger partial charge in [0.05, 0.1) is 41.2 Å². The minimum atomic E-state index is -2.01.